The van der Waals surface area contributed by atoms with Crippen molar-refractivity contribution in [3.8, 4) is 5.75 Å². The van der Waals surface area contributed by atoms with E-state index in [1.165, 1.54) is 24.3 Å². The van der Waals surface area contributed by atoms with Crippen LogP contribution >= 0.6 is 0 Å². The minimum absolute atomic E-state index is 0.0283. The second kappa shape index (κ2) is 6.41. The van der Waals surface area contributed by atoms with E-state index in [-0.39, 0.29) is 22.8 Å². The maximum absolute atomic E-state index is 12.1. The first-order valence-electron chi connectivity index (χ1n) is 6.29. The smallest absolute Gasteiger partial charge is 0.339 e. The van der Waals surface area contributed by atoms with E-state index in [1.54, 1.807) is 37.3 Å². The standard InChI is InChI=1S/C15H14O5S/c1-2-19-15(16)12-8-10-14(11-9-12)21(17,18)20-13-6-4-3-5-7-13/h3-11H,2H2,1H3. The Morgan fingerprint density at radius 3 is 2.19 bits per heavy atom. The van der Waals surface area contributed by atoms with Gasteiger partial charge in [-0.15, -0.1) is 0 Å². The Balaban J connectivity index is 2.19. The zero-order valence-corrected chi connectivity index (χ0v) is 12.2. The average molecular weight is 306 g/mol. The molecular weight excluding hydrogens is 292 g/mol. The van der Waals surface area contributed by atoms with Crippen LogP contribution in [0, 0.1) is 0 Å². The van der Waals surface area contributed by atoms with Crippen LogP contribution in [0.5, 0.6) is 5.75 Å². The lowest BCUT2D eigenvalue weighted by atomic mass is 10.2. The Hall–Kier alpha value is -2.34. The predicted molar refractivity (Wildman–Crippen MR) is 76.7 cm³/mol. The lowest BCUT2D eigenvalue weighted by Crippen LogP contribution is -2.10. The molecule has 0 aromatic heterocycles. The number of esters is 1. The van der Waals surface area contributed by atoms with E-state index in [9.17, 15) is 13.2 Å². The highest BCUT2D eigenvalue weighted by Crippen LogP contribution is 2.18. The first-order chi connectivity index (χ1) is 10.0. The molecule has 0 unspecified atom stereocenters. The van der Waals surface area contributed by atoms with Gasteiger partial charge in [0.25, 0.3) is 0 Å². The molecule has 0 saturated carbocycles. The Bertz CT molecular complexity index is 705. The number of benzene rings is 2. The third-order valence-corrected chi connectivity index (χ3v) is 3.86. The van der Waals surface area contributed by atoms with Crippen molar-refractivity contribution in [3.05, 3.63) is 60.2 Å². The molecule has 2 aromatic carbocycles. The second-order valence-corrected chi connectivity index (χ2v) is 5.64. The topological polar surface area (TPSA) is 69.7 Å². The van der Waals surface area contributed by atoms with Gasteiger partial charge in [0.15, 0.2) is 0 Å². The first kappa shape index (κ1) is 15.1. The van der Waals surface area contributed by atoms with Crippen LogP contribution in [-0.2, 0) is 14.9 Å². The number of carbonyl (C=O) groups excluding carboxylic acids is 1. The lowest BCUT2D eigenvalue weighted by Gasteiger charge is -2.07. The van der Waals surface area contributed by atoms with Gasteiger partial charge >= 0.3 is 16.1 Å². The van der Waals surface area contributed by atoms with Gasteiger partial charge in [0.2, 0.25) is 0 Å². The Labute approximate surface area is 123 Å². The van der Waals surface area contributed by atoms with Gasteiger partial charge in [-0.1, -0.05) is 18.2 Å². The molecule has 0 radical (unpaired) electrons. The third-order valence-electron chi connectivity index (χ3n) is 2.60. The molecule has 2 aromatic rings. The molecule has 0 spiro atoms. The fraction of sp³-hybridized carbons (Fsp3) is 0.133. The molecule has 0 bridgehead atoms. The van der Waals surface area contributed by atoms with Gasteiger partial charge in [-0.05, 0) is 43.3 Å². The summed E-state index contributed by atoms with van der Waals surface area (Å²) in [6, 6.07) is 13.6. The van der Waals surface area contributed by atoms with Crippen LogP contribution in [0.3, 0.4) is 0 Å². The fourth-order valence-corrected chi connectivity index (χ4v) is 2.55. The zero-order chi connectivity index (χ0) is 15.3. The minimum atomic E-state index is -3.92. The van der Waals surface area contributed by atoms with E-state index in [4.69, 9.17) is 8.92 Å². The van der Waals surface area contributed by atoms with E-state index in [1.807, 2.05) is 0 Å². The average Bonchev–Trinajstić information content (AvgIpc) is 2.48. The molecular formula is C15H14O5S. The maximum atomic E-state index is 12.1. The van der Waals surface area contributed by atoms with Crippen molar-refractivity contribution in [2.45, 2.75) is 11.8 Å². The van der Waals surface area contributed by atoms with Gasteiger partial charge in [0, 0.05) is 0 Å². The number of ether oxygens (including phenoxy) is 1. The van der Waals surface area contributed by atoms with Gasteiger partial charge in [0.1, 0.15) is 10.6 Å². The summed E-state index contributed by atoms with van der Waals surface area (Å²) in [5.74, 6) is -0.266. The Morgan fingerprint density at radius 1 is 1.00 bits per heavy atom. The molecule has 0 aliphatic heterocycles. The lowest BCUT2D eigenvalue weighted by molar-refractivity contribution is 0.0526. The van der Waals surface area contributed by atoms with E-state index in [0.29, 0.717) is 0 Å². The van der Waals surface area contributed by atoms with Crippen molar-refractivity contribution >= 4 is 16.1 Å². The molecule has 6 heteroatoms. The van der Waals surface area contributed by atoms with Crippen LogP contribution in [0.15, 0.2) is 59.5 Å². The highest BCUT2D eigenvalue weighted by Gasteiger charge is 2.17. The van der Waals surface area contributed by atoms with Crippen LogP contribution < -0.4 is 4.18 Å². The second-order valence-electron chi connectivity index (χ2n) is 4.10. The fourth-order valence-electron chi connectivity index (χ4n) is 1.62. The third kappa shape index (κ3) is 3.82. The summed E-state index contributed by atoms with van der Waals surface area (Å²) >= 11 is 0. The SMILES string of the molecule is CCOC(=O)c1ccc(S(=O)(=O)Oc2ccccc2)cc1. The predicted octanol–water partition coefficient (Wildman–Crippen LogP) is 2.63. The highest BCUT2D eigenvalue weighted by atomic mass is 32.2. The van der Waals surface area contributed by atoms with Crippen LogP contribution in [-0.4, -0.2) is 21.0 Å². The maximum Gasteiger partial charge on any atom is 0.339 e. The minimum Gasteiger partial charge on any atom is -0.462 e. The monoisotopic (exact) mass is 306 g/mol. The highest BCUT2D eigenvalue weighted by molar-refractivity contribution is 7.87. The van der Waals surface area contributed by atoms with Crippen molar-refractivity contribution in [2.24, 2.45) is 0 Å². The van der Waals surface area contributed by atoms with E-state index in [2.05, 4.69) is 0 Å². The summed E-state index contributed by atoms with van der Waals surface area (Å²) in [5.41, 5.74) is 0.288. The van der Waals surface area contributed by atoms with Crippen molar-refractivity contribution in [1.82, 2.24) is 0 Å². The van der Waals surface area contributed by atoms with E-state index < -0.39 is 16.1 Å². The number of rotatable bonds is 5. The summed E-state index contributed by atoms with van der Waals surface area (Å²) < 4.78 is 34.0. The molecule has 21 heavy (non-hydrogen) atoms. The quantitative estimate of drug-likeness (QED) is 0.627. The summed E-state index contributed by atoms with van der Waals surface area (Å²) in [5, 5.41) is 0. The van der Waals surface area contributed by atoms with E-state index in [0.717, 1.165) is 0 Å². The van der Waals surface area contributed by atoms with Crippen LogP contribution in [0.25, 0.3) is 0 Å². The molecule has 0 saturated heterocycles. The summed E-state index contributed by atoms with van der Waals surface area (Å²) in [6.45, 7) is 1.96. The zero-order valence-electron chi connectivity index (χ0n) is 11.4. The number of hydrogen-bond acceptors (Lipinski definition) is 5. The number of carbonyl (C=O) groups is 1. The summed E-state index contributed by atoms with van der Waals surface area (Å²) in [4.78, 5) is 11.5. The van der Waals surface area contributed by atoms with Crippen molar-refractivity contribution in [2.75, 3.05) is 6.61 Å². The van der Waals surface area contributed by atoms with Crippen LogP contribution in [0.4, 0.5) is 0 Å². The molecule has 0 aliphatic carbocycles. The molecule has 0 atom stereocenters. The summed E-state index contributed by atoms with van der Waals surface area (Å²) in [6.07, 6.45) is 0. The number of hydrogen-bond donors (Lipinski definition) is 0. The first-order valence-corrected chi connectivity index (χ1v) is 7.70. The van der Waals surface area contributed by atoms with Gasteiger partial charge in [-0.3, -0.25) is 0 Å². The van der Waals surface area contributed by atoms with Crippen molar-refractivity contribution < 1.29 is 22.1 Å². The molecule has 5 nitrogen and oxygen atoms in total. The van der Waals surface area contributed by atoms with Gasteiger partial charge in [0.05, 0.1) is 12.2 Å². The van der Waals surface area contributed by atoms with Gasteiger partial charge in [-0.25, -0.2) is 4.79 Å². The molecule has 0 amide bonds. The van der Waals surface area contributed by atoms with Crippen molar-refractivity contribution in [3.63, 3.8) is 0 Å². The normalized spacial score (nSPS) is 10.9. The van der Waals surface area contributed by atoms with E-state index >= 15 is 0 Å². The van der Waals surface area contributed by atoms with Crippen LogP contribution in [0.2, 0.25) is 0 Å². The molecule has 0 aliphatic rings. The van der Waals surface area contributed by atoms with Gasteiger partial charge < -0.3 is 8.92 Å². The van der Waals surface area contributed by atoms with Crippen molar-refractivity contribution in [1.29, 1.82) is 0 Å². The molecule has 0 heterocycles. The molecule has 110 valence electrons. The molecule has 0 fully saturated rings. The Kier molecular flexibility index (Phi) is 4.59. The van der Waals surface area contributed by atoms with Gasteiger partial charge in [-0.2, -0.15) is 8.42 Å². The van der Waals surface area contributed by atoms with Crippen LogP contribution in [0.1, 0.15) is 17.3 Å². The molecule has 0 N–H and O–H groups in total. The Morgan fingerprint density at radius 2 is 1.62 bits per heavy atom. The summed E-state index contributed by atoms with van der Waals surface area (Å²) in [7, 11) is -3.92. The molecule has 2 rings (SSSR count). The number of para-hydroxylation sites is 1. The largest absolute Gasteiger partial charge is 0.462 e.